The normalized spacial score (nSPS) is 16.2. The number of fused-ring (bicyclic) bond motifs is 1. The molecule has 1 amide bonds. The van der Waals surface area contributed by atoms with E-state index in [1.165, 1.54) is 42.5 Å². The first-order valence-electron chi connectivity index (χ1n) is 9.75. The van der Waals surface area contributed by atoms with Crippen LogP contribution < -0.4 is 4.90 Å². The fourth-order valence-electron chi connectivity index (χ4n) is 3.95. The van der Waals surface area contributed by atoms with Crippen LogP contribution in [0.1, 0.15) is 22.2 Å². The summed E-state index contributed by atoms with van der Waals surface area (Å²) < 4.78 is 34.4. The van der Waals surface area contributed by atoms with Gasteiger partial charge in [0.05, 0.1) is 11.6 Å². The van der Waals surface area contributed by atoms with Crippen LogP contribution in [0.3, 0.4) is 0 Å². The fourth-order valence-corrected chi connectivity index (χ4v) is 3.95. The van der Waals surface area contributed by atoms with Crippen LogP contribution in [0, 0.1) is 11.6 Å². The van der Waals surface area contributed by atoms with Gasteiger partial charge in [-0.05, 0) is 36.4 Å². The smallest absolute Gasteiger partial charge is 0.294 e. The van der Waals surface area contributed by atoms with Crippen LogP contribution in [-0.4, -0.2) is 16.8 Å². The Kier molecular flexibility index (Phi) is 4.59. The predicted octanol–water partition coefficient (Wildman–Crippen LogP) is 5.49. The van der Waals surface area contributed by atoms with E-state index in [9.17, 15) is 23.5 Å². The molecule has 2 heterocycles. The summed E-state index contributed by atoms with van der Waals surface area (Å²) in [5.74, 6) is -3.96. The number of ketones is 1. The van der Waals surface area contributed by atoms with Gasteiger partial charge in [0.25, 0.3) is 5.91 Å². The number of carbonyl (C=O) groups is 2. The number of nitrogens with zero attached hydrogens (tertiary/aromatic N) is 1. The Bertz CT molecular complexity index is 1390. The highest BCUT2D eigenvalue weighted by Crippen LogP contribution is 2.43. The first kappa shape index (κ1) is 19.7. The molecule has 5 nitrogen and oxygen atoms in total. The van der Waals surface area contributed by atoms with E-state index in [0.29, 0.717) is 11.0 Å². The number of benzene rings is 3. The number of hydrogen-bond acceptors (Lipinski definition) is 4. The number of aliphatic hydroxyl groups is 1. The van der Waals surface area contributed by atoms with Crippen molar-refractivity contribution in [3.8, 4) is 0 Å². The molecular weight excluding hydrogens is 416 g/mol. The van der Waals surface area contributed by atoms with Crippen molar-refractivity contribution in [2.45, 2.75) is 6.04 Å². The average Bonchev–Trinajstić information content (AvgIpc) is 3.33. The molecule has 7 heteroatoms. The molecule has 1 aromatic heterocycles. The molecule has 1 aliphatic rings. The average molecular weight is 431 g/mol. The number of hydrogen-bond donors (Lipinski definition) is 1. The van der Waals surface area contributed by atoms with E-state index in [0.717, 1.165) is 11.0 Å². The summed E-state index contributed by atoms with van der Waals surface area (Å²) in [6.07, 6.45) is 0. The number of amides is 1. The number of rotatable bonds is 4. The van der Waals surface area contributed by atoms with Gasteiger partial charge in [-0.25, -0.2) is 8.78 Å². The van der Waals surface area contributed by atoms with E-state index >= 15 is 0 Å². The number of para-hydroxylation sites is 1. The van der Waals surface area contributed by atoms with Gasteiger partial charge in [-0.3, -0.25) is 14.5 Å². The summed E-state index contributed by atoms with van der Waals surface area (Å²) in [5.41, 5.74) is 0.156. The topological polar surface area (TPSA) is 70.8 Å². The molecule has 0 fully saturated rings. The highest BCUT2D eigenvalue weighted by Gasteiger charge is 2.46. The Labute approximate surface area is 180 Å². The molecule has 0 saturated heterocycles. The molecule has 1 unspecified atom stereocenters. The summed E-state index contributed by atoms with van der Waals surface area (Å²) in [7, 11) is 0. The zero-order valence-corrected chi connectivity index (χ0v) is 16.5. The van der Waals surface area contributed by atoms with E-state index in [1.807, 2.05) is 0 Å². The molecule has 1 atom stereocenters. The molecule has 5 rings (SSSR count). The lowest BCUT2D eigenvalue weighted by Gasteiger charge is -2.27. The molecule has 32 heavy (non-hydrogen) atoms. The van der Waals surface area contributed by atoms with Gasteiger partial charge >= 0.3 is 0 Å². The maximum atomic E-state index is 14.8. The number of aliphatic hydroxyl groups excluding tert-OH is 1. The summed E-state index contributed by atoms with van der Waals surface area (Å²) in [6.45, 7) is 0. The summed E-state index contributed by atoms with van der Waals surface area (Å²) >= 11 is 0. The van der Waals surface area contributed by atoms with Crippen molar-refractivity contribution >= 4 is 28.3 Å². The SMILES string of the molecule is O=C(C1=C(O)C(=O)N(c2cccc(F)c2)C1c1ccccc1F)c1cc2ccccc2o1. The number of halogens is 2. The molecular formula is C25H15F2NO4. The minimum absolute atomic E-state index is 0.0198. The second kappa shape index (κ2) is 7.46. The number of anilines is 1. The summed E-state index contributed by atoms with van der Waals surface area (Å²) in [4.78, 5) is 27.5. The zero-order valence-electron chi connectivity index (χ0n) is 16.5. The van der Waals surface area contributed by atoms with Crippen molar-refractivity contribution in [3.05, 3.63) is 113 Å². The number of Topliss-reactive ketones (excluding diaryl/α,β-unsaturated/α-hetero) is 1. The minimum Gasteiger partial charge on any atom is -0.503 e. The Balaban J connectivity index is 1.69. The third-order valence-electron chi connectivity index (χ3n) is 5.39. The third-order valence-corrected chi connectivity index (χ3v) is 5.39. The Morgan fingerprint density at radius 3 is 2.44 bits per heavy atom. The first-order valence-corrected chi connectivity index (χ1v) is 9.75. The predicted molar refractivity (Wildman–Crippen MR) is 113 cm³/mol. The molecule has 0 bridgehead atoms. The van der Waals surface area contributed by atoms with Gasteiger partial charge in [0.2, 0.25) is 5.78 Å². The van der Waals surface area contributed by atoms with E-state index in [1.54, 1.807) is 30.3 Å². The van der Waals surface area contributed by atoms with Crippen LogP contribution in [0.15, 0.2) is 94.6 Å². The van der Waals surface area contributed by atoms with Crippen LogP contribution in [0.25, 0.3) is 11.0 Å². The van der Waals surface area contributed by atoms with Crippen LogP contribution in [0.5, 0.6) is 0 Å². The van der Waals surface area contributed by atoms with Crippen molar-refractivity contribution in [3.63, 3.8) is 0 Å². The van der Waals surface area contributed by atoms with Crippen LogP contribution in [-0.2, 0) is 4.79 Å². The molecule has 0 saturated carbocycles. The first-order chi connectivity index (χ1) is 15.5. The highest BCUT2D eigenvalue weighted by molar-refractivity contribution is 6.20. The van der Waals surface area contributed by atoms with Crippen molar-refractivity contribution in [2.24, 2.45) is 0 Å². The van der Waals surface area contributed by atoms with Crippen LogP contribution in [0.2, 0.25) is 0 Å². The molecule has 3 aromatic carbocycles. The molecule has 1 N–H and O–H groups in total. The quantitative estimate of drug-likeness (QED) is 0.434. The Morgan fingerprint density at radius 1 is 0.938 bits per heavy atom. The highest BCUT2D eigenvalue weighted by atomic mass is 19.1. The number of carbonyl (C=O) groups excluding carboxylic acids is 2. The maximum Gasteiger partial charge on any atom is 0.294 e. The van der Waals surface area contributed by atoms with E-state index in [4.69, 9.17) is 4.42 Å². The monoisotopic (exact) mass is 431 g/mol. The van der Waals surface area contributed by atoms with Gasteiger partial charge in [0.15, 0.2) is 11.5 Å². The minimum atomic E-state index is -1.31. The van der Waals surface area contributed by atoms with Crippen molar-refractivity contribution < 1.29 is 27.9 Å². The molecule has 4 aromatic rings. The standard InChI is InChI=1S/C25H15F2NO4/c26-15-7-5-8-16(13-15)28-22(17-9-2-3-10-18(17)27)21(24(30)25(28)31)23(29)20-12-14-6-1-4-11-19(14)32-20/h1-13,22,30H. The van der Waals surface area contributed by atoms with Gasteiger partial charge in [-0.15, -0.1) is 0 Å². The van der Waals surface area contributed by atoms with Gasteiger partial charge in [0.1, 0.15) is 17.2 Å². The second-order valence-corrected chi connectivity index (χ2v) is 7.32. The Hall–Kier alpha value is -4.26. The molecule has 1 aliphatic heterocycles. The molecule has 158 valence electrons. The number of furan rings is 1. The lowest BCUT2D eigenvalue weighted by Crippen LogP contribution is -2.31. The molecule has 0 radical (unpaired) electrons. The van der Waals surface area contributed by atoms with Crippen molar-refractivity contribution in [2.75, 3.05) is 4.90 Å². The summed E-state index contributed by atoms with van der Waals surface area (Å²) in [5, 5.41) is 11.4. The summed E-state index contributed by atoms with van der Waals surface area (Å²) in [6, 6.07) is 17.8. The van der Waals surface area contributed by atoms with Crippen LogP contribution in [0.4, 0.5) is 14.5 Å². The lowest BCUT2D eigenvalue weighted by atomic mass is 9.94. The Morgan fingerprint density at radius 2 is 1.69 bits per heavy atom. The van der Waals surface area contributed by atoms with E-state index in [-0.39, 0.29) is 22.6 Å². The van der Waals surface area contributed by atoms with Crippen LogP contribution >= 0.6 is 0 Å². The van der Waals surface area contributed by atoms with Crippen molar-refractivity contribution in [1.29, 1.82) is 0 Å². The lowest BCUT2D eigenvalue weighted by molar-refractivity contribution is -0.117. The van der Waals surface area contributed by atoms with E-state index in [2.05, 4.69) is 0 Å². The van der Waals surface area contributed by atoms with Crippen molar-refractivity contribution in [1.82, 2.24) is 0 Å². The fraction of sp³-hybridized carbons (Fsp3) is 0.0400. The third kappa shape index (κ3) is 3.06. The maximum absolute atomic E-state index is 14.8. The zero-order chi connectivity index (χ0) is 22.4. The molecule has 0 spiro atoms. The van der Waals surface area contributed by atoms with Gasteiger partial charge in [0, 0.05) is 16.6 Å². The van der Waals surface area contributed by atoms with E-state index < -0.39 is 35.1 Å². The largest absolute Gasteiger partial charge is 0.503 e. The van der Waals surface area contributed by atoms with Gasteiger partial charge in [-0.2, -0.15) is 0 Å². The second-order valence-electron chi connectivity index (χ2n) is 7.32. The molecule has 0 aliphatic carbocycles. The van der Waals surface area contributed by atoms with Gasteiger partial charge < -0.3 is 9.52 Å². The van der Waals surface area contributed by atoms with Gasteiger partial charge in [-0.1, -0.05) is 42.5 Å².